The third kappa shape index (κ3) is 2.37. The molecular weight excluding hydrogens is 192 g/mol. The predicted octanol–water partition coefficient (Wildman–Crippen LogP) is 1.70. The zero-order valence-corrected chi connectivity index (χ0v) is 7.83. The predicted molar refractivity (Wildman–Crippen MR) is 53.4 cm³/mol. The molecule has 0 aliphatic heterocycles. The molecule has 1 heterocycles. The monoisotopic (exact) mass is 200 g/mol. The zero-order chi connectivity index (χ0) is 10.5. The Morgan fingerprint density at radius 2 is 1.87 bits per heavy atom. The van der Waals surface area contributed by atoms with Gasteiger partial charge in [0, 0.05) is 6.07 Å². The third-order valence-electron chi connectivity index (χ3n) is 1.78. The van der Waals surface area contributed by atoms with E-state index in [1.54, 1.807) is 30.3 Å². The van der Waals surface area contributed by atoms with Gasteiger partial charge in [-0.15, -0.1) is 0 Å². The topological polar surface area (TPSA) is 52.1 Å². The van der Waals surface area contributed by atoms with Crippen molar-refractivity contribution in [2.45, 2.75) is 0 Å². The minimum Gasteiger partial charge on any atom is -0.421 e. The normalized spacial score (nSPS) is 9.60. The van der Waals surface area contributed by atoms with Crippen LogP contribution in [0.3, 0.4) is 0 Å². The number of hydrogen-bond acceptors (Lipinski definition) is 4. The molecule has 74 valence electrons. The summed E-state index contributed by atoms with van der Waals surface area (Å²) in [5, 5.41) is 7.19. The Hall–Kier alpha value is -2.23. The van der Waals surface area contributed by atoms with Gasteiger partial charge in [0.05, 0.1) is 18.0 Å². The highest BCUT2D eigenvalue weighted by atomic mass is 16.5. The summed E-state index contributed by atoms with van der Waals surface area (Å²) in [5.41, 5.74) is 0.509. The molecule has 1 aromatic heterocycles. The molecule has 0 aliphatic carbocycles. The molecule has 0 amide bonds. The van der Waals surface area contributed by atoms with Gasteiger partial charge in [0.15, 0.2) is 5.75 Å². The molecular formula is C11H8N2O2. The van der Waals surface area contributed by atoms with Crippen LogP contribution in [0.5, 0.6) is 5.75 Å². The lowest BCUT2D eigenvalue weighted by atomic mass is 10.2. The van der Waals surface area contributed by atoms with Gasteiger partial charge in [-0.1, -0.05) is 18.2 Å². The van der Waals surface area contributed by atoms with Crippen LogP contribution in [0.25, 0.3) is 0 Å². The van der Waals surface area contributed by atoms with Crippen molar-refractivity contribution in [1.82, 2.24) is 10.2 Å². The molecule has 15 heavy (non-hydrogen) atoms. The first kappa shape index (κ1) is 9.33. The number of aromatic nitrogens is 2. The van der Waals surface area contributed by atoms with Crippen LogP contribution in [0.4, 0.5) is 0 Å². The van der Waals surface area contributed by atoms with Gasteiger partial charge in [0.2, 0.25) is 0 Å². The quantitative estimate of drug-likeness (QED) is 0.692. The van der Waals surface area contributed by atoms with Gasteiger partial charge in [-0.3, -0.25) is 0 Å². The number of benzene rings is 1. The number of rotatable bonds is 2. The summed E-state index contributed by atoms with van der Waals surface area (Å²) in [6, 6.07) is 10.4. The molecule has 4 nitrogen and oxygen atoms in total. The number of hydrogen-bond donors (Lipinski definition) is 0. The second kappa shape index (κ2) is 4.32. The highest BCUT2D eigenvalue weighted by Gasteiger charge is 2.06. The van der Waals surface area contributed by atoms with E-state index >= 15 is 0 Å². The molecule has 0 N–H and O–H groups in total. The lowest BCUT2D eigenvalue weighted by Crippen LogP contribution is -2.08. The second-order valence-electron chi connectivity index (χ2n) is 2.83. The number of esters is 1. The standard InChI is InChI=1S/C11H8N2O2/c14-11(9-4-2-1-3-5-9)15-10-6-7-12-13-8-10/h1-8H. The highest BCUT2D eigenvalue weighted by molar-refractivity contribution is 5.90. The van der Waals surface area contributed by atoms with Gasteiger partial charge >= 0.3 is 5.97 Å². The fraction of sp³-hybridized carbons (Fsp3) is 0. The summed E-state index contributed by atoms with van der Waals surface area (Å²) < 4.78 is 5.06. The van der Waals surface area contributed by atoms with Crippen molar-refractivity contribution in [1.29, 1.82) is 0 Å². The van der Waals surface area contributed by atoms with E-state index in [1.165, 1.54) is 12.4 Å². The molecule has 0 aliphatic rings. The van der Waals surface area contributed by atoms with Crippen molar-refractivity contribution in [2.75, 3.05) is 0 Å². The number of carbonyl (C=O) groups is 1. The van der Waals surface area contributed by atoms with Crippen LogP contribution in [0, 0.1) is 0 Å². The van der Waals surface area contributed by atoms with Crippen molar-refractivity contribution < 1.29 is 9.53 Å². The Balaban J connectivity index is 2.12. The molecule has 0 fully saturated rings. The van der Waals surface area contributed by atoms with Crippen LogP contribution in [0.1, 0.15) is 10.4 Å². The molecule has 0 unspecified atom stereocenters. The molecule has 0 saturated carbocycles. The smallest absolute Gasteiger partial charge is 0.343 e. The van der Waals surface area contributed by atoms with Crippen LogP contribution in [0.15, 0.2) is 48.8 Å². The van der Waals surface area contributed by atoms with Gasteiger partial charge in [-0.25, -0.2) is 4.79 Å². The first-order chi connectivity index (χ1) is 7.36. The van der Waals surface area contributed by atoms with Gasteiger partial charge in [0.1, 0.15) is 0 Å². The van der Waals surface area contributed by atoms with E-state index < -0.39 is 5.97 Å². The maximum absolute atomic E-state index is 11.5. The van der Waals surface area contributed by atoms with E-state index in [1.807, 2.05) is 6.07 Å². The van der Waals surface area contributed by atoms with E-state index in [-0.39, 0.29) is 0 Å². The number of ether oxygens (including phenoxy) is 1. The van der Waals surface area contributed by atoms with E-state index in [4.69, 9.17) is 4.74 Å². The molecule has 0 bridgehead atoms. The average Bonchev–Trinajstić information content (AvgIpc) is 2.31. The van der Waals surface area contributed by atoms with E-state index in [0.29, 0.717) is 11.3 Å². The minimum absolute atomic E-state index is 0.388. The molecule has 0 atom stereocenters. The summed E-state index contributed by atoms with van der Waals surface area (Å²) in [5.74, 6) is -0.0116. The van der Waals surface area contributed by atoms with Crippen molar-refractivity contribution in [3.05, 3.63) is 54.4 Å². The van der Waals surface area contributed by atoms with E-state index in [9.17, 15) is 4.79 Å². The molecule has 0 saturated heterocycles. The van der Waals surface area contributed by atoms with Crippen LogP contribution in [0.2, 0.25) is 0 Å². The summed E-state index contributed by atoms with van der Waals surface area (Å²) in [6.45, 7) is 0. The first-order valence-electron chi connectivity index (χ1n) is 4.40. The Bertz CT molecular complexity index is 443. The summed E-state index contributed by atoms with van der Waals surface area (Å²) in [7, 11) is 0. The largest absolute Gasteiger partial charge is 0.421 e. The van der Waals surface area contributed by atoms with Crippen molar-refractivity contribution in [3.63, 3.8) is 0 Å². The second-order valence-corrected chi connectivity index (χ2v) is 2.83. The maximum atomic E-state index is 11.5. The van der Waals surface area contributed by atoms with Crippen molar-refractivity contribution in [2.24, 2.45) is 0 Å². The Morgan fingerprint density at radius 1 is 1.07 bits per heavy atom. The van der Waals surface area contributed by atoms with Gasteiger partial charge < -0.3 is 4.74 Å². The van der Waals surface area contributed by atoms with Crippen molar-refractivity contribution >= 4 is 5.97 Å². The molecule has 4 heteroatoms. The van der Waals surface area contributed by atoms with Crippen LogP contribution < -0.4 is 4.74 Å². The fourth-order valence-electron chi connectivity index (χ4n) is 1.08. The van der Waals surface area contributed by atoms with E-state index in [2.05, 4.69) is 10.2 Å². The maximum Gasteiger partial charge on any atom is 0.343 e. The molecule has 2 aromatic rings. The average molecular weight is 200 g/mol. The SMILES string of the molecule is O=C(Oc1ccnnc1)c1ccccc1. The van der Waals surface area contributed by atoms with Gasteiger partial charge in [-0.2, -0.15) is 10.2 Å². The van der Waals surface area contributed by atoms with Gasteiger partial charge in [-0.05, 0) is 12.1 Å². The Kier molecular flexibility index (Phi) is 2.69. The van der Waals surface area contributed by atoms with Crippen LogP contribution >= 0.6 is 0 Å². The first-order valence-corrected chi connectivity index (χ1v) is 4.40. The molecule has 2 rings (SSSR count). The highest BCUT2D eigenvalue weighted by Crippen LogP contribution is 2.09. The number of carbonyl (C=O) groups excluding carboxylic acids is 1. The summed E-state index contributed by atoms with van der Waals surface area (Å²) in [4.78, 5) is 11.5. The minimum atomic E-state index is -0.399. The summed E-state index contributed by atoms with van der Waals surface area (Å²) in [6.07, 6.45) is 2.86. The van der Waals surface area contributed by atoms with E-state index in [0.717, 1.165) is 0 Å². The number of nitrogens with zero attached hydrogens (tertiary/aromatic N) is 2. The molecule has 1 aromatic carbocycles. The molecule has 0 radical (unpaired) electrons. The third-order valence-corrected chi connectivity index (χ3v) is 1.78. The zero-order valence-electron chi connectivity index (χ0n) is 7.83. The Morgan fingerprint density at radius 3 is 2.53 bits per heavy atom. The van der Waals surface area contributed by atoms with Crippen LogP contribution in [-0.2, 0) is 0 Å². The Labute approximate surface area is 86.5 Å². The lowest BCUT2D eigenvalue weighted by Gasteiger charge is -2.02. The fourth-order valence-corrected chi connectivity index (χ4v) is 1.08. The summed E-state index contributed by atoms with van der Waals surface area (Å²) >= 11 is 0. The van der Waals surface area contributed by atoms with Gasteiger partial charge in [0.25, 0.3) is 0 Å². The van der Waals surface area contributed by atoms with Crippen LogP contribution in [-0.4, -0.2) is 16.2 Å². The molecule has 0 spiro atoms. The lowest BCUT2D eigenvalue weighted by molar-refractivity contribution is 0.0734. The van der Waals surface area contributed by atoms with Crippen molar-refractivity contribution in [3.8, 4) is 5.75 Å².